The molecule has 0 aromatic carbocycles. The molecule has 12 heavy (non-hydrogen) atoms. The molecule has 0 fully saturated rings. The Morgan fingerprint density at radius 2 is 2.08 bits per heavy atom. The highest BCUT2D eigenvalue weighted by atomic mass is 16.1. The van der Waals surface area contributed by atoms with Crippen LogP contribution in [0, 0.1) is 17.8 Å². The fourth-order valence-electron chi connectivity index (χ4n) is 0.789. The van der Waals surface area contributed by atoms with Crippen molar-refractivity contribution in [2.24, 2.45) is 11.7 Å². The second-order valence-electron chi connectivity index (χ2n) is 3.15. The lowest BCUT2D eigenvalue weighted by molar-refractivity contribution is -0.118. The third kappa shape index (κ3) is 9.03. The highest BCUT2D eigenvalue weighted by molar-refractivity contribution is 5.73. The Bertz CT molecular complexity index is 186. The maximum Gasteiger partial charge on any atom is 0.217 e. The molecule has 0 aliphatic carbocycles. The first-order valence-electron chi connectivity index (χ1n) is 4.39. The van der Waals surface area contributed by atoms with E-state index in [0.29, 0.717) is 12.3 Å². The molecule has 0 atom stereocenters. The van der Waals surface area contributed by atoms with E-state index in [2.05, 4.69) is 25.7 Å². The minimum atomic E-state index is -0.216. The van der Waals surface area contributed by atoms with Crippen LogP contribution in [0.5, 0.6) is 0 Å². The molecule has 0 radical (unpaired) electrons. The molecule has 0 rings (SSSR count). The van der Waals surface area contributed by atoms with Crippen molar-refractivity contribution in [3.8, 4) is 11.8 Å². The number of unbranched alkanes of at least 4 members (excludes halogenated alkanes) is 2. The molecule has 0 saturated heterocycles. The highest BCUT2D eigenvalue weighted by Gasteiger charge is 1.92. The van der Waals surface area contributed by atoms with E-state index in [-0.39, 0.29) is 5.91 Å². The summed E-state index contributed by atoms with van der Waals surface area (Å²) < 4.78 is 0. The van der Waals surface area contributed by atoms with Gasteiger partial charge in [0, 0.05) is 18.8 Å². The first-order chi connectivity index (χ1) is 5.63. The third-order valence-corrected chi connectivity index (χ3v) is 1.37. The number of primary amides is 1. The maximum atomic E-state index is 10.3. The van der Waals surface area contributed by atoms with Gasteiger partial charge in [-0.2, -0.15) is 0 Å². The summed E-state index contributed by atoms with van der Waals surface area (Å²) in [6, 6.07) is 0. The molecule has 0 bridgehead atoms. The lowest BCUT2D eigenvalue weighted by Gasteiger charge is -1.92. The lowest BCUT2D eigenvalue weighted by atomic mass is 10.1. The Balaban J connectivity index is 3.23. The smallest absolute Gasteiger partial charge is 0.217 e. The zero-order chi connectivity index (χ0) is 9.40. The van der Waals surface area contributed by atoms with E-state index in [1.165, 1.54) is 0 Å². The number of rotatable bonds is 4. The Labute approximate surface area is 74.5 Å². The Hall–Kier alpha value is -0.970. The highest BCUT2D eigenvalue weighted by Crippen LogP contribution is 1.98. The molecular weight excluding hydrogens is 150 g/mol. The molecule has 2 heteroatoms. The van der Waals surface area contributed by atoms with Gasteiger partial charge >= 0.3 is 0 Å². The number of carbonyl (C=O) groups is 1. The van der Waals surface area contributed by atoms with Crippen LogP contribution in [0.2, 0.25) is 0 Å². The first-order valence-corrected chi connectivity index (χ1v) is 4.39. The van der Waals surface area contributed by atoms with Crippen molar-refractivity contribution in [1.82, 2.24) is 0 Å². The normalized spacial score (nSPS) is 9.25. The summed E-state index contributed by atoms with van der Waals surface area (Å²) in [5.74, 6) is 6.35. The predicted molar refractivity (Wildman–Crippen MR) is 50.3 cm³/mol. The van der Waals surface area contributed by atoms with E-state index in [0.717, 1.165) is 19.3 Å². The van der Waals surface area contributed by atoms with Crippen LogP contribution in [-0.2, 0) is 4.79 Å². The first kappa shape index (κ1) is 11.0. The van der Waals surface area contributed by atoms with Gasteiger partial charge in [0.05, 0.1) is 0 Å². The number of amides is 1. The number of nitrogens with two attached hydrogens (primary N) is 1. The summed E-state index contributed by atoms with van der Waals surface area (Å²) >= 11 is 0. The molecule has 1 amide bonds. The summed E-state index contributed by atoms with van der Waals surface area (Å²) in [6.07, 6.45) is 3.21. The Morgan fingerprint density at radius 1 is 1.42 bits per heavy atom. The van der Waals surface area contributed by atoms with Crippen LogP contribution < -0.4 is 5.73 Å². The van der Waals surface area contributed by atoms with Gasteiger partial charge in [0.2, 0.25) is 5.91 Å². The Kier molecular flexibility index (Phi) is 6.18. The van der Waals surface area contributed by atoms with Crippen LogP contribution in [0.15, 0.2) is 0 Å². The zero-order valence-electron chi connectivity index (χ0n) is 7.89. The van der Waals surface area contributed by atoms with Crippen LogP contribution >= 0.6 is 0 Å². The maximum absolute atomic E-state index is 10.3. The largest absolute Gasteiger partial charge is 0.370 e. The van der Waals surface area contributed by atoms with Crippen LogP contribution in [0.1, 0.15) is 39.5 Å². The van der Waals surface area contributed by atoms with Crippen molar-refractivity contribution in [2.75, 3.05) is 0 Å². The van der Waals surface area contributed by atoms with Gasteiger partial charge in [0.25, 0.3) is 0 Å². The van der Waals surface area contributed by atoms with Crippen molar-refractivity contribution in [3.05, 3.63) is 0 Å². The SMILES string of the molecule is CC(C)C#CCCCCC(N)=O. The summed E-state index contributed by atoms with van der Waals surface area (Å²) in [6.45, 7) is 4.13. The molecule has 0 aliphatic heterocycles. The zero-order valence-corrected chi connectivity index (χ0v) is 7.89. The van der Waals surface area contributed by atoms with Gasteiger partial charge in [0.15, 0.2) is 0 Å². The number of carbonyl (C=O) groups excluding carboxylic acids is 1. The molecule has 0 heterocycles. The molecule has 68 valence electrons. The molecule has 0 aromatic rings. The lowest BCUT2D eigenvalue weighted by Crippen LogP contribution is -2.09. The minimum absolute atomic E-state index is 0.216. The molecule has 0 saturated carbocycles. The molecule has 0 aliphatic rings. The van der Waals surface area contributed by atoms with E-state index < -0.39 is 0 Å². The van der Waals surface area contributed by atoms with Crippen LogP contribution in [-0.4, -0.2) is 5.91 Å². The summed E-state index contributed by atoms with van der Waals surface area (Å²) in [5, 5.41) is 0. The van der Waals surface area contributed by atoms with E-state index in [1.54, 1.807) is 0 Å². The quantitative estimate of drug-likeness (QED) is 0.502. The van der Waals surface area contributed by atoms with E-state index >= 15 is 0 Å². The van der Waals surface area contributed by atoms with Gasteiger partial charge < -0.3 is 5.73 Å². The minimum Gasteiger partial charge on any atom is -0.370 e. The van der Waals surface area contributed by atoms with Crippen LogP contribution in [0.25, 0.3) is 0 Å². The summed E-state index contributed by atoms with van der Waals surface area (Å²) in [5.41, 5.74) is 4.98. The van der Waals surface area contributed by atoms with Crippen molar-refractivity contribution in [3.63, 3.8) is 0 Å². The second-order valence-corrected chi connectivity index (χ2v) is 3.15. The van der Waals surface area contributed by atoms with Gasteiger partial charge in [-0.05, 0) is 12.8 Å². The molecule has 0 aromatic heterocycles. The molecular formula is C10H17NO. The monoisotopic (exact) mass is 167 g/mol. The number of hydrogen-bond donors (Lipinski definition) is 1. The second kappa shape index (κ2) is 6.72. The molecule has 0 spiro atoms. The van der Waals surface area contributed by atoms with Crippen molar-refractivity contribution in [1.29, 1.82) is 0 Å². The fourth-order valence-corrected chi connectivity index (χ4v) is 0.789. The van der Waals surface area contributed by atoms with Crippen LogP contribution in [0.3, 0.4) is 0 Å². The van der Waals surface area contributed by atoms with Gasteiger partial charge in [0.1, 0.15) is 0 Å². The van der Waals surface area contributed by atoms with Gasteiger partial charge in [-0.15, -0.1) is 11.8 Å². The molecule has 2 N–H and O–H groups in total. The topological polar surface area (TPSA) is 43.1 Å². The summed E-state index contributed by atoms with van der Waals surface area (Å²) in [4.78, 5) is 10.3. The van der Waals surface area contributed by atoms with Crippen molar-refractivity contribution >= 4 is 5.91 Å². The van der Waals surface area contributed by atoms with Crippen molar-refractivity contribution < 1.29 is 4.79 Å². The average molecular weight is 167 g/mol. The molecule has 0 unspecified atom stereocenters. The van der Waals surface area contributed by atoms with Crippen LogP contribution in [0.4, 0.5) is 0 Å². The third-order valence-electron chi connectivity index (χ3n) is 1.37. The van der Waals surface area contributed by atoms with E-state index in [4.69, 9.17) is 5.73 Å². The summed E-state index contributed by atoms with van der Waals surface area (Å²) in [7, 11) is 0. The standard InChI is InChI=1S/C10H17NO/c1-9(2)7-5-3-4-6-8-10(11)12/h9H,3-4,6,8H2,1-2H3,(H2,11,12). The van der Waals surface area contributed by atoms with Gasteiger partial charge in [-0.3, -0.25) is 4.79 Å². The predicted octanol–water partition coefficient (Wildman–Crippen LogP) is 1.69. The van der Waals surface area contributed by atoms with Crippen molar-refractivity contribution in [2.45, 2.75) is 39.5 Å². The fraction of sp³-hybridized carbons (Fsp3) is 0.700. The van der Waals surface area contributed by atoms with E-state index in [1.807, 2.05) is 0 Å². The Morgan fingerprint density at radius 3 is 2.58 bits per heavy atom. The molecule has 2 nitrogen and oxygen atoms in total. The number of hydrogen-bond acceptors (Lipinski definition) is 1. The van der Waals surface area contributed by atoms with Gasteiger partial charge in [-0.25, -0.2) is 0 Å². The van der Waals surface area contributed by atoms with Gasteiger partial charge in [-0.1, -0.05) is 13.8 Å². The average Bonchev–Trinajstić information content (AvgIpc) is 1.95. The van der Waals surface area contributed by atoms with E-state index in [9.17, 15) is 4.79 Å².